The predicted octanol–water partition coefficient (Wildman–Crippen LogP) is 6.00. The van der Waals surface area contributed by atoms with E-state index < -0.39 is 0 Å². The molecule has 164 valence electrons. The lowest BCUT2D eigenvalue weighted by molar-refractivity contribution is -0.117. The topological polar surface area (TPSA) is 58.7 Å². The van der Waals surface area contributed by atoms with E-state index in [4.69, 9.17) is 21.0 Å². The van der Waals surface area contributed by atoms with Gasteiger partial charge >= 0.3 is 0 Å². The maximum Gasteiger partial charge on any atom is 0.249 e. The van der Waals surface area contributed by atoms with E-state index in [1.165, 1.54) is 5.56 Å². The summed E-state index contributed by atoms with van der Waals surface area (Å²) in [6, 6.07) is 23.4. The van der Waals surface area contributed by atoms with Crippen molar-refractivity contribution in [2.24, 2.45) is 4.99 Å². The van der Waals surface area contributed by atoms with Gasteiger partial charge in [0, 0.05) is 21.7 Å². The summed E-state index contributed by atoms with van der Waals surface area (Å²) in [5.41, 5.74) is 6.04. The molecule has 4 aromatic rings. The molecule has 0 atom stereocenters. The highest BCUT2D eigenvalue weighted by atomic mass is 35.5. The summed E-state index contributed by atoms with van der Waals surface area (Å²) in [5.74, 6) is 1.12. The second-order valence-corrected chi connectivity index (χ2v) is 8.50. The summed E-state index contributed by atoms with van der Waals surface area (Å²) in [7, 11) is 0. The first kappa shape index (κ1) is 21.2. The molecule has 5 rings (SSSR count). The first-order chi connectivity index (χ1) is 16.0. The van der Waals surface area contributed by atoms with Crippen LogP contribution in [0.2, 0.25) is 5.02 Å². The van der Waals surface area contributed by atoms with Gasteiger partial charge in [0.15, 0.2) is 0 Å². The Labute approximate surface area is 197 Å². The number of fused-ring (bicyclic) bond motifs is 1. The fraction of sp³-hybridized carbons (Fsp3) is 0.148. The molecule has 1 amide bonds. The van der Waals surface area contributed by atoms with Crippen LogP contribution in [0.25, 0.3) is 11.5 Å². The van der Waals surface area contributed by atoms with E-state index in [0.717, 1.165) is 28.1 Å². The third-order valence-corrected chi connectivity index (χ3v) is 5.96. The number of anilines is 1. The standard InChI is InChI=1S/C27H22ClN3O2/c1-17-8-10-20(11-9-17)27-30-23(18(2)33-27)16-31-24-13-12-21(28)14-22(24)26(29-15-25(31)32)19-6-4-3-5-7-19/h3-14H,15-16H2,1-2H3. The second-order valence-electron chi connectivity index (χ2n) is 8.06. The number of carbonyl (C=O) groups is 1. The lowest BCUT2D eigenvalue weighted by Crippen LogP contribution is -2.32. The highest BCUT2D eigenvalue weighted by Crippen LogP contribution is 2.32. The van der Waals surface area contributed by atoms with Gasteiger partial charge in [0.05, 0.1) is 17.9 Å². The first-order valence-electron chi connectivity index (χ1n) is 10.7. The largest absolute Gasteiger partial charge is 0.441 e. The van der Waals surface area contributed by atoms with Crippen molar-refractivity contribution in [3.8, 4) is 11.5 Å². The molecule has 1 aliphatic rings. The number of hydrogen-bond acceptors (Lipinski definition) is 4. The average molecular weight is 456 g/mol. The maximum atomic E-state index is 13.2. The number of carbonyl (C=O) groups excluding carboxylic acids is 1. The van der Waals surface area contributed by atoms with Gasteiger partial charge in [-0.15, -0.1) is 0 Å². The van der Waals surface area contributed by atoms with E-state index in [1.54, 1.807) is 11.0 Å². The highest BCUT2D eigenvalue weighted by Gasteiger charge is 2.27. The molecule has 33 heavy (non-hydrogen) atoms. The summed E-state index contributed by atoms with van der Waals surface area (Å²) in [6.07, 6.45) is 0. The smallest absolute Gasteiger partial charge is 0.249 e. The first-order valence-corrected chi connectivity index (χ1v) is 11.1. The Morgan fingerprint density at radius 2 is 1.73 bits per heavy atom. The van der Waals surface area contributed by atoms with Crippen LogP contribution in [0.4, 0.5) is 5.69 Å². The van der Waals surface area contributed by atoms with Gasteiger partial charge in [-0.3, -0.25) is 9.79 Å². The number of oxazole rings is 1. The zero-order chi connectivity index (χ0) is 22.9. The molecule has 0 radical (unpaired) electrons. The number of aryl methyl sites for hydroxylation is 2. The third kappa shape index (κ3) is 4.20. The monoisotopic (exact) mass is 455 g/mol. The molecule has 0 fully saturated rings. The Hall–Kier alpha value is -3.70. The van der Waals surface area contributed by atoms with Crippen LogP contribution in [-0.4, -0.2) is 23.1 Å². The fourth-order valence-electron chi connectivity index (χ4n) is 3.95. The number of hydrogen-bond donors (Lipinski definition) is 0. The fourth-order valence-corrected chi connectivity index (χ4v) is 4.12. The molecule has 0 N–H and O–H groups in total. The van der Waals surface area contributed by atoms with Gasteiger partial charge in [-0.25, -0.2) is 4.98 Å². The maximum absolute atomic E-state index is 13.2. The molecule has 0 saturated heterocycles. The molecule has 1 aliphatic heterocycles. The van der Waals surface area contributed by atoms with Gasteiger partial charge in [0.1, 0.15) is 18.0 Å². The molecule has 2 heterocycles. The minimum Gasteiger partial charge on any atom is -0.441 e. The van der Waals surface area contributed by atoms with E-state index in [-0.39, 0.29) is 19.0 Å². The van der Waals surface area contributed by atoms with Gasteiger partial charge in [-0.2, -0.15) is 0 Å². The number of amides is 1. The summed E-state index contributed by atoms with van der Waals surface area (Å²) in [4.78, 5) is 24.3. The Kier molecular flexibility index (Phi) is 5.56. The molecule has 3 aromatic carbocycles. The Morgan fingerprint density at radius 3 is 2.48 bits per heavy atom. The number of rotatable bonds is 4. The van der Waals surface area contributed by atoms with E-state index in [1.807, 2.05) is 80.6 Å². The van der Waals surface area contributed by atoms with E-state index in [0.29, 0.717) is 22.4 Å². The van der Waals surface area contributed by atoms with Crippen molar-refractivity contribution in [1.29, 1.82) is 0 Å². The van der Waals surface area contributed by atoms with Crippen LogP contribution in [-0.2, 0) is 11.3 Å². The van der Waals surface area contributed by atoms with E-state index in [9.17, 15) is 4.79 Å². The van der Waals surface area contributed by atoms with Crippen molar-refractivity contribution in [1.82, 2.24) is 4.98 Å². The van der Waals surface area contributed by atoms with Crippen LogP contribution in [0, 0.1) is 13.8 Å². The van der Waals surface area contributed by atoms with Gasteiger partial charge in [-0.1, -0.05) is 59.6 Å². The number of halogens is 1. The number of aliphatic imine (C=N–C) groups is 1. The molecular formula is C27H22ClN3O2. The van der Waals surface area contributed by atoms with Gasteiger partial charge in [0.25, 0.3) is 0 Å². The lowest BCUT2D eigenvalue weighted by atomic mass is 10.00. The summed E-state index contributed by atoms with van der Waals surface area (Å²) in [6.45, 7) is 4.23. The number of nitrogens with zero attached hydrogens (tertiary/aromatic N) is 3. The van der Waals surface area contributed by atoms with Gasteiger partial charge in [-0.05, 0) is 44.2 Å². The molecule has 0 unspecified atom stereocenters. The average Bonchev–Trinajstić information content (AvgIpc) is 3.12. The van der Waals surface area contributed by atoms with Crippen molar-refractivity contribution in [2.45, 2.75) is 20.4 Å². The zero-order valence-corrected chi connectivity index (χ0v) is 19.1. The molecule has 1 aromatic heterocycles. The minimum absolute atomic E-state index is 0.0399. The molecular weight excluding hydrogens is 434 g/mol. The van der Waals surface area contributed by atoms with Crippen LogP contribution < -0.4 is 4.90 Å². The predicted molar refractivity (Wildman–Crippen MR) is 131 cm³/mol. The van der Waals surface area contributed by atoms with Crippen molar-refractivity contribution in [3.05, 3.63) is 106 Å². The molecule has 0 spiro atoms. The third-order valence-electron chi connectivity index (χ3n) is 5.72. The van der Waals surface area contributed by atoms with Crippen LogP contribution in [0.3, 0.4) is 0 Å². The number of benzene rings is 3. The van der Waals surface area contributed by atoms with Gasteiger partial charge < -0.3 is 9.32 Å². The SMILES string of the molecule is Cc1ccc(-c2nc(CN3C(=O)CN=C(c4ccccc4)c4cc(Cl)ccc43)c(C)o2)cc1. The molecule has 5 nitrogen and oxygen atoms in total. The second kappa shape index (κ2) is 8.68. The van der Waals surface area contributed by atoms with Crippen LogP contribution in [0.1, 0.15) is 28.1 Å². The Bertz CT molecular complexity index is 1360. The van der Waals surface area contributed by atoms with Crippen molar-refractivity contribution in [2.75, 3.05) is 11.4 Å². The van der Waals surface area contributed by atoms with E-state index in [2.05, 4.69) is 4.99 Å². The minimum atomic E-state index is -0.108. The van der Waals surface area contributed by atoms with Crippen LogP contribution in [0.5, 0.6) is 0 Å². The summed E-state index contributed by atoms with van der Waals surface area (Å²) < 4.78 is 5.95. The molecule has 6 heteroatoms. The molecule has 0 bridgehead atoms. The Morgan fingerprint density at radius 1 is 0.970 bits per heavy atom. The van der Waals surface area contributed by atoms with E-state index >= 15 is 0 Å². The van der Waals surface area contributed by atoms with Crippen molar-refractivity contribution >= 4 is 28.9 Å². The summed E-state index contributed by atoms with van der Waals surface area (Å²) >= 11 is 6.35. The molecule has 0 aliphatic carbocycles. The normalized spacial score (nSPS) is 13.5. The highest BCUT2D eigenvalue weighted by molar-refractivity contribution is 6.32. The number of aromatic nitrogens is 1. The van der Waals surface area contributed by atoms with Crippen LogP contribution >= 0.6 is 11.6 Å². The van der Waals surface area contributed by atoms with Gasteiger partial charge in [0.2, 0.25) is 11.8 Å². The summed E-state index contributed by atoms with van der Waals surface area (Å²) in [5, 5.41) is 0.589. The van der Waals surface area contributed by atoms with Crippen LogP contribution in [0.15, 0.2) is 82.2 Å². The quantitative estimate of drug-likeness (QED) is 0.379. The zero-order valence-electron chi connectivity index (χ0n) is 18.4. The van der Waals surface area contributed by atoms with Crippen molar-refractivity contribution in [3.63, 3.8) is 0 Å². The Balaban J connectivity index is 1.54. The number of benzodiazepines with no additional fused rings is 1. The van der Waals surface area contributed by atoms with Crippen molar-refractivity contribution < 1.29 is 9.21 Å². The molecule has 0 saturated carbocycles. The lowest BCUT2D eigenvalue weighted by Gasteiger charge is -2.22.